The summed E-state index contributed by atoms with van der Waals surface area (Å²) in [4.78, 5) is 28.2. The third-order valence-corrected chi connectivity index (χ3v) is 5.96. The molecule has 8 nitrogen and oxygen atoms in total. The van der Waals surface area contributed by atoms with Crippen LogP contribution >= 0.6 is 11.6 Å². The molecule has 10 heteroatoms. The Kier molecular flexibility index (Phi) is 8.22. The van der Waals surface area contributed by atoms with E-state index in [4.69, 9.17) is 21.1 Å². The normalized spacial score (nSPS) is 13.5. The third kappa shape index (κ3) is 6.63. The molecule has 4 rings (SSSR count). The summed E-state index contributed by atoms with van der Waals surface area (Å²) in [6.07, 6.45) is 6.93. The van der Waals surface area contributed by atoms with Gasteiger partial charge in [0, 0.05) is 37.1 Å². The van der Waals surface area contributed by atoms with Gasteiger partial charge in [0.15, 0.2) is 0 Å². The van der Waals surface area contributed by atoms with Crippen molar-refractivity contribution >= 4 is 34.9 Å². The van der Waals surface area contributed by atoms with E-state index in [1.165, 1.54) is 37.9 Å². The van der Waals surface area contributed by atoms with Gasteiger partial charge in [-0.2, -0.15) is 0 Å². The van der Waals surface area contributed by atoms with E-state index in [1.54, 1.807) is 24.3 Å². The van der Waals surface area contributed by atoms with Crippen LogP contribution in [0.3, 0.4) is 0 Å². The summed E-state index contributed by atoms with van der Waals surface area (Å²) in [6, 6.07) is 11.3. The highest BCUT2D eigenvalue weighted by atomic mass is 35.5. The minimum absolute atomic E-state index is 0.0340. The number of anilines is 2. The summed E-state index contributed by atoms with van der Waals surface area (Å²) < 4.78 is 26.3. The molecule has 188 valence electrons. The Morgan fingerprint density at radius 2 is 1.78 bits per heavy atom. The maximum absolute atomic E-state index is 14.7. The molecule has 3 N–H and O–H groups in total. The number of nitrogens with one attached hydrogen (secondary N) is 3. The molecular weight excluding hydrogens is 487 g/mol. The Morgan fingerprint density at radius 3 is 2.53 bits per heavy atom. The summed E-state index contributed by atoms with van der Waals surface area (Å²) in [5.74, 6) is -0.0545. The summed E-state index contributed by atoms with van der Waals surface area (Å²) in [5, 5.41) is 8.08. The van der Waals surface area contributed by atoms with Crippen LogP contribution in [0.4, 0.5) is 20.6 Å². The molecule has 36 heavy (non-hydrogen) atoms. The summed E-state index contributed by atoms with van der Waals surface area (Å²) >= 11 is 6.27. The quantitative estimate of drug-likeness (QED) is 0.341. The second kappa shape index (κ2) is 11.7. The Bertz CT molecular complexity index is 1250. The fraction of sp³-hybridized carbons (Fsp3) is 0.269. The predicted octanol–water partition coefficient (Wildman–Crippen LogP) is 6.38. The first kappa shape index (κ1) is 25.2. The van der Waals surface area contributed by atoms with Crippen molar-refractivity contribution in [3.8, 4) is 17.2 Å². The standard InChI is InChI=1S/C26H26ClFN4O4/c1-29-25(33)23-15-19(11-12-30-23)35-18-8-10-22(21(28)14-18)32-26(34)31-16-7-9-20(27)24(13-16)36-17-5-3-2-4-6-17/h7-15,17H,2-6H2,1H3,(H,29,33)(H2,31,32,34). The van der Waals surface area contributed by atoms with Crippen molar-refractivity contribution in [3.63, 3.8) is 0 Å². The average molecular weight is 513 g/mol. The van der Waals surface area contributed by atoms with Crippen LogP contribution < -0.4 is 25.4 Å². The van der Waals surface area contributed by atoms with Gasteiger partial charge in [0.2, 0.25) is 0 Å². The molecule has 1 aromatic heterocycles. The van der Waals surface area contributed by atoms with Crippen molar-refractivity contribution in [3.05, 3.63) is 71.3 Å². The monoisotopic (exact) mass is 512 g/mol. The van der Waals surface area contributed by atoms with Crippen LogP contribution in [0.1, 0.15) is 42.6 Å². The molecule has 1 fully saturated rings. The van der Waals surface area contributed by atoms with E-state index in [0.717, 1.165) is 31.7 Å². The van der Waals surface area contributed by atoms with Crippen LogP contribution in [0.2, 0.25) is 5.02 Å². The molecule has 0 radical (unpaired) electrons. The zero-order valence-corrected chi connectivity index (χ0v) is 20.4. The fourth-order valence-corrected chi connectivity index (χ4v) is 4.00. The minimum Gasteiger partial charge on any atom is -0.489 e. The van der Waals surface area contributed by atoms with Gasteiger partial charge < -0.3 is 25.4 Å². The van der Waals surface area contributed by atoms with Crippen molar-refractivity contribution in [2.45, 2.75) is 38.2 Å². The number of carbonyl (C=O) groups is 2. The lowest BCUT2D eigenvalue weighted by Crippen LogP contribution is -2.21. The molecule has 1 saturated carbocycles. The summed E-state index contributed by atoms with van der Waals surface area (Å²) in [7, 11) is 1.49. The molecule has 3 amide bonds. The van der Waals surface area contributed by atoms with Gasteiger partial charge in [-0.1, -0.05) is 18.0 Å². The number of amides is 3. The van der Waals surface area contributed by atoms with E-state index in [1.807, 2.05) is 0 Å². The van der Waals surface area contributed by atoms with Crippen LogP contribution in [0, 0.1) is 5.82 Å². The van der Waals surface area contributed by atoms with Gasteiger partial charge in [-0.05, 0) is 56.0 Å². The molecular formula is C26H26ClFN4O4. The number of halogens is 2. The van der Waals surface area contributed by atoms with Crippen LogP contribution in [0.5, 0.6) is 17.2 Å². The number of nitrogens with zero attached hydrogens (tertiary/aromatic N) is 1. The first-order valence-electron chi connectivity index (χ1n) is 11.6. The molecule has 0 unspecified atom stereocenters. The lowest BCUT2D eigenvalue weighted by molar-refractivity contribution is 0.0957. The predicted molar refractivity (Wildman–Crippen MR) is 136 cm³/mol. The SMILES string of the molecule is CNC(=O)c1cc(Oc2ccc(NC(=O)Nc3ccc(Cl)c(OC4CCCCC4)c3)c(F)c2)ccn1. The number of benzene rings is 2. The molecule has 0 saturated heterocycles. The van der Waals surface area contributed by atoms with Gasteiger partial charge in [0.25, 0.3) is 5.91 Å². The molecule has 0 spiro atoms. The highest BCUT2D eigenvalue weighted by molar-refractivity contribution is 6.32. The number of urea groups is 1. The lowest BCUT2D eigenvalue weighted by atomic mass is 9.98. The van der Waals surface area contributed by atoms with Gasteiger partial charge in [-0.25, -0.2) is 9.18 Å². The van der Waals surface area contributed by atoms with Crippen LogP contribution in [0.25, 0.3) is 0 Å². The van der Waals surface area contributed by atoms with E-state index in [-0.39, 0.29) is 29.1 Å². The highest BCUT2D eigenvalue weighted by Gasteiger charge is 2.17. The van der Waals surface area contributed by atoms with Crippen LogP contribution in [0.15, 0.2) is 54.7 Å². The maximum atomic E-state index is 14.7. The smallest absolute Gasteiger partial charge is 0.323 e. The Labute approximate surface area is 213 Å². The second-order valence-corrected chi connectivity index (χ2v) is 8.71. The minimum atomic E-state index is -0.694. The number of aromatic nitrogens is 1. The van der Waals surface area contributed by atoms with Gasteiger partial charge in [-0.3, -0.25) is 9.78 Å². The maximum Gasteiger partial charge on any atom is 0.323 e. The second-order valence-electron chi connectivity index (χ2n) is 8.30. The molecule has 0 atom stereocenters. The molecule has 0 bridgehead atoms. The number of ether oxygens (including phenoxy) is 2. The Balaban J connectivity index is 1.37. The average Bonchev–Trinajstić information content (AvgIpc) is 2.88. The molecule has 2 aromatic carbocycles. The van der Waals surface area contributed by atoms with Crippen molar-refractivity contribution in [1.82, 2.24) is 10.3 Å². The molecule has 1 aliphatic rings. The van der Waals surface area contributed by atoms with Crippen LogP contribution in [-0.2, 0) is 0 Å². The Morgan fingerprint density at radius 1 is 1.00 bits per heavy atom. The van der Waals surface area contributed by atoms with Crippen molar-refractivity contribution in [1.29, 1.82) is 0 Å². The topological polar surface area (TPSA) is 102 Å². The highest BCUT2D eigenvalue weighted by Crippen LogP contribution is 2.32. The number of hydrogen-bond acceptors (Lipinski definition) is 5. The van der Waals surface area contributed by atoms with Crippen molar-refractivity contribution in [2.24, 2.45) is 0 Å². The van der Waals surface area contributed by atoms with Crippen LogP contribution in [-0.4, -0.2) is 30.1 Å². The van der Waals surface area contributed by atoms with Gasteiger partial charge in [0.1, 0.15) is 28.8 Å². The summed E-state index contributed by atoms with van der Waals surface area (Å²) in [5.41, 5.74) is 0.598. The zero-order valence-electron chi connectivity index (χ0n) is 19.6. The zero-order chi connectivity index (χ0) is 25.5. The number of pyridine rings is 1. The lowest BCUT2D eigenvalue weighted by Gasteiger charge is -2.23. The molecule has 1 heterocycles. The van der Waals surface area contributed by atoms with Gasteiger partial charge in [0.05, 0.1) is 16.8 Å². The largest absolute Gasteiger partial charge is 0.489 e. The number of carbonyl (C=O) groups excluding carboxylic acids is 2. The van der Waals surface area contributed by atoms with Gasteiger partial charge in [-0.15, -0.1) is 0 Å². The fourth-order valence-electron chi connectivity index (χ4n) is 3.84. The molecule has 0 aliphatic heterocycles. The third-order valence-electron chi connectivity index (χ3n) is 5.65. The molecule has 1 aliphatic carbocycles. The number of hydrogen-bond donors (Lipinski definition) is 3. The van der Waals surface area contributed by atoms with Crippen molar-refractivity contribution in [2.75, 3.05) is 17.7 Å². The van der Waals surface area contributed by atoms with E-state index >= 15 is 0 Å². The van der Waals surface area contributed by atoms with E-state index in [9.17, 15) is 14.0 Å². The van der Waals surface area contributed by atoms with Gasteiger partial charge >= 0.3 is 6.03 Å². The van der Waals surface area contributed by atoms with E-state index in [0.29, 0.717) is 22.2 Å². The summed E-state index contributed by atoms with van der Waals surface area (Å²) in [6.45, 7) is 0. The molecule has 3 aromatic rings. The van der Waals surface area contributed by atoms with E-state index in [2.05, 4.69) is 20.9 Å². The first-order chi connectivity index (χ1) is 17.4. The Hall–Kier alpha value is -3.85. The first-order valence-corrected chi connectivity index (χ1v) is 12.0. The number of rotatable bonds is 7. The van der Waals surface area contributed by atoms with Crippen molar-refractivity contribution < 1.29 is 23.5 Å². The van der Waals surface area contributed by atoms with E-state index < -0.39 is 11.8 Å².